The van der Waals surface area contributed by atoms with Crippen molar-refractivity contribution >= 4 is 33.6 Å². The maximum absolute atomic E-state index is 12.1. The predicted molar refractivity (Wildman–Crippen MR) is 55.4 cm³/mol. The summed E-state index contributed by atoms with van der Waals surface area (Å²) in [5, 5.41) is -0.151. The summed E-state index contributed by atoms with van der Waals surface area (Å²) in [4.78, 5) is 10.6. The zero-order chi connectivity index (χ0) is 13.3. The van der Waals surface area contributed by atoms with Gasteiger partial charge in [0.1, 0.15) is 0 Å². The molecule has 0 fully saturated rings. The number of nitrogens with one attached hydrogen (secondary N) is 1. The summed E-state index contributed by atoms with van der Waals surface area (Å²) in [5.41, 5.74) is -6.35. The van der Waals surface area contributed by atoms with Gasteiger partial charge in [-0.05, 0) is 12.1 Å². The molecule has 1 aromatic rings. The summed E-state index contributed by atoms with van der Waals surface area (Å²) in [7, 11) is -5.57. The molecule has 0 aliphatic heterocycles. The Morgan fingerprint density at radius 3 is 2.35 bits per heavy atom. The fourth-order valence-corrected chi connectivity index (χ4v) is 1.75. The predicted octanol–water partition coefficient (Wildman–Crippen LogP) is 2.41. The molecule has 9 heteroatoms. The molecule has 17 heavy (non-hydrogen) atoms. The van der Waals surface area contributed by atoms with Gasteiger partial charge in [0.15, 0.2) is 6.29 Å². The Morgan fingerprint density at radius 1 is 1.29 bits per heavy atom. The summed E-state index contributed by atoms with van der Waals surface area (Å²) in [6, 6.07) is 3.46. The molecule has 0 radical (unpaired) electrons. The highest BCUT2D eigenvalue weighted by Crippen LogP contribution is 2.28. The van der Waals surface area contributed by atoms with E-state index >= 15 is 0 Å². The maximum atomic E-state index is 12.1. The molecule has 0 atom stereocenters. The Bertz CT molecular complexity index is 541. The van der Waals surface area contributed by atoms with E-state index in [2.05, 4.69) is 0 Å². The van der Waals surface area contributed by atoms with Crippen LogP contribution in [-0.4, -0.2) is 20.2 Å². The first-order valence-corrected chi connectivity index (χ1v) is 5.88. The second-order valence-corrected chi connectivity index (χ2v) is 4.95. The molecule has 0 aliphatic rings. The van der Waals surface area contributed by atoms with Crippen molar-refractivity contribution in [3.05, 3.63) is 28.8 Å². The minimum Gasteiger partial charge on any atom is -0.298 e. The second kappa shape index (κ2) is 4.53. The van der Waals surface area contributed by atoms with E-state index in [1.165, 1.54) is 16.9 Å². The lowest BCUT2D eigenvalue weighted by Gasteiger charge is -2.12. The quantitative estimate of drug-likeness (QED) is 0.868. The van der Waals surface area contributed by atoms with E-state index in [4.69, 9.17) is 11.6 Å². The van der Waals surface area contributed by atoms with Gasteiger partial charge in [-0.25, -0.2) is 0 Å². The smallest absolute Gasteiger partial charge is 0.298 e. The molecule has 0 spiro atoms. The number of halogens is 4. The molecule has 1 aromatic carbocycles. The molecule has 0 saturated carbocycles. The minimum atomic E-state index is -5.57. The molecular weight excluding hydrogens is 283 g/mol. The lowest BCUT2D eigenvalue weighted by Crippen LogP contribution is -2.30. The van der Waals surface area contributed by atoms with Gasteiger partial charge in [0.25, 0.3) is 0 Å². The highest BCUT2D eigenvalue weighted by Gasteiger charge is 2.46. The fourth-order valence-electron chi connectivity index (χ4n) is 0.948. The SMILES string of the molecule is O=Cc1c(Cl)cccc1NS(=O)(=O)C(F)(F)F. The number of aldehydes is 1. The van der Waals surface area contributed by atoms with Crippen molar-refractivity contribution in [2.24, 2.45) is 0 Å². The van der Waals surface area contributed by atoms with Crippen molar-refractivity contribution < 1.29 is 26.4 Å². The Kier molecular flexibility index (Phi) is 3.68. The monoisotopic (exact) mass is 287 g/mol. The summed E-state index contributed by atoms with van der Waals surface area (Å²) < 4.78 is 59.1. The van der Waals surface area contributed by atoms with Gasteiger partial charge in [-0.3, -0.25) is 9.52 Å². The van der Waals surface area contributed by atoms with Gasteiger partial charge in [0.05, 0.1) is 16.3 Å². The molecular formula is C8H5ClF3NO3S. The second-order valence-electron chi connectivity index (χ2n) is 2.87. The first-order valence-electron chi connectivity index (χ1n) is 4.02. The number of carbonyl (C=O) groups excluding carboxylic acids is 1. The molecule has 1 rings (SSSR count). The molecule has 0 amide bonds. The zero-order valence-corrected chi connectivity index (χ0v) is 9.53. The molecule has 0 bridgehead atoms. The van der Waals surface area contributed by atoms with E-state index in [0.29, 0.717) is 0 Å². The summed E-state index contributed by atoms with van der Waals surface area (Å²) in [6.07, 6.45) is 0.163. The standard InChI is InChI=1S/C8H5ClF3NO3S/c9-6-2-1-3-7(5(6)4-14)13-17(15,16)8(10,11)12/h1-4,13H. The number of anilines is 1. The summed E-state index contributed by atoms with van der Waals surface area (Å²) in [5.74, 6) is 0. The van der Waals surface area contributed by atoms with Gasteiger partial charge in [-0.1, -0.05) is 17.7 Å². The first kappa shape index (κ1) is 13.8. The lowest BCUT2D eigenvalue weighted by atomic mass is 10.2. The largest absolute Gasteiger partial charge is 0.516 e. The highest BCUT2D eigenvalue weighted by atomic mass is 35.5. The topological polar surface area (TPSA) is 63.2 Å². The van der Waals surface area contributed by atoms with Crippen LogP contribution in [0.2, 0.25) is 5.02 Å². The van der Waals surface area contributed by atoms with Crippen molar-refractivity contribution in [2.45, 2.75) is 5.51 Å². The number of carbonyl (C=O) groups is 1. The maximum Gasteiger partial charge on any atom is 0.516 e. The number of rotatable bonds is 3. The minimum absolute atomic E-state index is 0.151. The Hall–Kier alpha value is -1.28. The zero-order valence-electron chi connectivity index (χ0n) is 7.95. The van der Waals surface area contributed by atoms with Crippen LogP contribution >= 0.6 is 11.6 Å². The normalized spacial score (nSPS) is 12.2. The van der Waals surface area contributed by atoms with Crippen LogP contribution in [0.3, 0.4) is 0 Å². The number of sulfonamides is 1. The van der Waals surface area contributed by atoms with Crippen molar-refractivity contribution in [3.8, 4) is 0 Å². The molecule has 0 aliphatic carbocycles. The van der Waals surface area contributed by atoms with Gasteiger partial charge in [0, 0.05) is 0 Å². The van der Waals surface area contributed by atoms with Gasteiger partial charge >= 0.3 is 15.5 Å². The van der Waals surface area contributed by atoms with E-state index in [9.17, 15) is 26.4 Å². The molecule has 0 aromatic heterocycles. The molecule has 0 heterocycles. The molecule has 4 nitrogen and oxygen atoms in total. The van der Waals surface area contributed by atoms with E-state index in [1.54, 1.807) is 0 Å². The van der Waals surface area contributed by atoms with Crippen molar-refractivity contribution in [3.63, 3.8) is 0 Å². The van der Waals surface area contributed by atoms with Gasteiger partial charge in [-0.15, -0.1) is 0 Å². The van der Waals surface area contributed by atoms with Crippen LogP contribution in [-0.2, 0) is 10.0 Å². The van der Waals surface area contributed by atoms with Gasteiger partial charge in [-0.2, -0.15) is 21.6 Å². The van der Waals surface area contributed by atoms with Crippen LogP contribution in [0.4, 0.5) is 18.9 Å². The fraction of sp³-hybridized carbons (Fsp3) is 0.125. The van der Waals surface area contributed by atoms with Crippen LogP contribution in [0.5, 0.6) is 0 Å². The summed E-state index contributed by atoms with van der Waals surface area (Å²) in [6.45, 7) is 0. The van der Waals surface area contributed by atoms with E-state index in [1.807, 2.05) is 0 Å². The Balaban J connectivity index is 3.22. The van der Waals surface area contributed by atoms with E-state index in [0.717, 1.165) is 6.07 Å². The van der Waals surface area contributed by atoms with Gasteiger partial charge < -0.3 is 0 Å². The first-order chi connectivity index (χ1) is 7.69. The third-order valence-corrected chi connectivity index (χ3v) is 3.15. The number of hydrogen-bond acceptors (Lipinski definition) is 3. The third-order valence-electron chi connectivity index (χ3n) is 1.72. The number of hydrogen-bond donors (Lipinski definition) is 1. The lowest BCUT2D eigenvalue weighted by molar-refractivity contribution is -0.0429. The molecule has 94 valence electrons. The number of benzene rings is 1. The third kappa shape index (κ3) is 2.89. The Morgan fingerprint density at radius 2 is 1.88 bits per heavy atom. The average Bonchev–Trinajstić information content (AvgIpc) is 2.15. The molecule has 0 saturated heterocycles. The van der Waals surface area contributed by atoms with E-state index < -0.39 is 21.2 Å². The average molecular weight is 288 g/mol. The van der Waals surface area contributed by atoms with E-state index in [-0.39, 0.29) is 16.9 Å². The van der Waals surface area contributed by atoms with Crippen LogP contribution in [0.15, 0.2) is 18.2 Å². The van der Waals surface area contributed by atoms with Crippen LogP contribution in [0, 0.1) is 0 Å². The highest BCUT2D eigenvalue weighted by molar-refractivity contribution is 7.93. The van der Waals surface area contributed by atoms with Crippen molar-refractivity contribution in [2.75, 3.05) is 4.72 Å². The van der Waals surface area contributed by atoms with Crippen molar-refractivity contribution in [1.29, 1.82) is 0 Å². The molecule has 0 unspecified atom stereocenters. The van der Waals surface area contributed by atoms with Crippen molar-refractivity contribution in [1.82, 2.24) is 0 Å². The van der Waals surface area contributed by atoms with Gasteiger partial charge in [0.2, 0.25) is 0 Å². The number of alkyl halides is 3. The van der Waals surface area contributed by atoms with Crippen LogP contribution < -0.4 is 4.72 Å². The summed E-state index contributed by atoms with van der Waals surface area (Å²) >= 11 is 5.53. The molecule has 1 N–H and O–H groups in total. The Labute approximate surface area is 99.4 Å². The van der Waals surface area contributed by atoms with Crippen LogP contribution in [0.1, 0.15) is 10.4 Å². The van der Waals surface area contributed by atoms with Crippen LogP contribution in [0.25, 0.3) is 0 Å².